The van der Waals surface area contributed by atoms with E-state index < -0.39 is 5.60 Å². The molecule has 3 aromatic rings. The van der Waals surface area contributed by atoms with Crippen LogP contribution < -0.4 is 0 Å². The van der Waals surface area contributed by atoms with E-state index in [2.05, 4.69) is 105 Å². The summed E-state index contributed by atoms with van der Waals surface area (Å²) in [6, 6.07) is 28.6. The van der Waals surface area contributed by atoms with Gasteiger partial charge in [-0.05, 0) is 63.4 Å². The standard InChI is InChI=1S/C29H35NO/c1-23-19-24(2)21-26(20-23)22-31-29(27-13-7-4-8-14-27,28-15-9-5-10-16-28)25(3)30-17-11-6-12-18-30/h4-5,7-10,13-16,19-21,25H,6,11-12,17-18,22H2,1-3H3. The zero-order valence-corrected chi connectivity index (χ0v) is 19.2. The van der Waals surface area contributed by atoms with Crippen LogP contribution in [0.4, 0.5) is 0 Å². The second-order valence-corrected chi connectivity index (χ2v) is 9.02. The molecule has 31 heavy (non-hydrogen) atoms. The largest absolute Gasteiger partial charge is 0.359 e. The molecule has 2 heteroatoms. The van der Waals surface area contributed by atoms with Crippen LogP contribution in [0.25, 0.3) is 0 Å². The maximum absolute atomic E-state index is 7.07. The fourth-order valence-electron chi connectivity index (χ4n) is 5.22. The molecule has 0 amide bonds. The van der Waals surface area contributed by atoms with E-state index in [1.807, 2.05) is 0 Å². The van der Waals surface area contributed by atoms with Crippen molar-refractivity contribution in [2.45, 2.75) is 58.3 Å². The van der Waals surface area contributed by atoms with Crippen molar-refractivity contribution >= 4 is 0 Å². The van der Waals surface area contributed by atoms with Gasteiger partial charge >= 0.3 is 0 Å². The maximum atomic E-state index is 7.07. The highest BCUT2D eigenvalue weighted by Gasteiger charge is 2.44. The van der Waals surface area contributed by atoms with Gasteiger partial charge in [-0.15, -0.1) is 0 Å². The molecule has 0 bridgehead atoms. The third-order valence-electron chi connectivity index (χ3n) is 6.68. The zero-order valence-electron chi connectivity index (χ0n) is 19.2. The molecular weight excluding hydrogens is 378 g/mol. The minimum atomic E-state index is -0.530. The second-order valence-electron chi connectivity index (χ2n) is 9.02. The Bertz CT molecular complexity index is 901. The van der Waals surface area contributed by atoms with Crippen LogP contribution >= 0.6 is 0 Å². The molecule has 4 rings (SSSR count). The molecule has 1 atom stereocenters. The predicted molar refractivity (Wildman–Crippen MR) is 129 cm³/mol. The molecule has 0 aliphatic carbocycles. The van der Waals surface area contributed by atoms with E-state index in [4.69, 9.17) is 4.74 Å². The Morgan fingerprint density at radius 2 is 1.29 bits per heavy atom. The van der Waals surface area contributed by atoms with Crippen LogP contribution in [0.1, 0.15) is 54.0 Å². The van der Waals surface area contributed by atoms with Crippen LogP contribution in [-0.2, 0) is 16.9 Å². The fraction of sp³-hybridized carbons (Fsp3) is 0.379. The summed E-state index contributed by atoms with van der Waals surface area (Å²) in [5.74, 6) is 0. The number of likely N-dealkylation sites (tertiary alicyclic amines) is 1. The Morgan fingerprint density at radius 1 is 0.774 bits per heavy atom. The fourth-order valence-corrected chi connectivity index (χ4v) is 5.22. The van der Waals surface area contributed by atoms with Crippen molar-refractivity contribution in [1.29, 1.82) is 0 Å². The summed E-state index contributed by atoms with van der Waals surface area (Å²) >= 11 is 0. The monoisotopic (exact) mass is 413 g/mol. The highest BCUT2D eigenvalue weighted by atomic mass is 16.5. The van der Waals surface area contributed by atoms with Gasteiger partial charge in [0.25, 0.3) is 0 Å². The van der Waals surface area contributed by atoms with E-state index in [1.165, 1.54) is 47.1 Å². The highest BCUT2D eigenvalue weighted by Crippen LogP contribution is 2.41. The summed E-state index contributed by atoms with van der Waals surface area (Å²) in [6.07, 6.45) is 3.86. The average molecular weight is 414 g/mol. The summed E-state index contributed by atoms with van der Waals surface area (Å²) in [5, 5.41) is 0. The molecule has 1 aliphatic heterocycles. The molecule has 1 heterocycles. The van der Waals surface area contributed by atoms with Gasteiger partial charge in [0.15, 0.2) is 0 Å². The van der Waals surface area contributed by atoms with Gasteiger partial charge in [-0.1, -0.05) is 96.4 Å². The number of rotatable bonds is 7. The number of piperidine rings is 1. The Morgan fingerprint density at radius 3 is 1.81 bits per heavy atom. The van der Waals surface area contributed by atoms with Gasteiger partial charge in [-0.25, -0.2) is 0 Å². The van der Waals surface area contributed by atoms with Crippen molar-refractivity contribution in [3.63, 3.8) is 0 Å². The minimum Gasteiger partial charge on any atom is -0.359 e. The first kappa shape index (κ1) is 21.8. The van der Waals surface area contributed by atoms with Crippen molar-refractivity contribution in [2.24, 2.45) is 0 Å². The molecule has 1 aliphatic rings. The van der Waals surface area contributed by atoms with Crippen molar-refractivity contribution < 1.29 is 4.74 Å². The first-order chi connectivity index (χ1) is 15.1. The van der Waals surface area contributed by atoms with Gasteiger partial charge in [-0.3, -0.25) is 4.90 Å². The van der Waals surface area contributed by atoms with E-state index in [-0.39, 0.29) is 6.04 Å². The van der Waals surface area contributed by atoms with Gasteiger partial charge < -0.3 is 4.74 Å². The Labute approximate surface area is 187 Å². The van der Waals surface area contributed by atoms with Crippen LogP contribution in [0.3, 0.4) is 0 Å². The van der Waals surface area contributed by atoms with E-state index in [0.717, 1.165) is 13.1 Å². The van der Waals surface area contributed by atoms with Crippen LogP contribution in [0.2, 0.25) is 0 Å². The van der Waals surface area contributed by atoms with Gasteiger partial charge in [0.1, 0.15) is 5.60 Å². The Hall–Kier alpha value is -2.42. The van der Waals surface area contributed by atoms with Crippen LogP contribution in [0, 0.1) is 13.8 Å². The summed E-state index contributed by atoms with van der Waals surface area (Å²) in [4.78, 5) is 2.63. The number of benzene rings is 3. The summed E-state index contributed by atoms with van der Waals surface area (Å²) in [7, 11) is 0. The van der Waals surface area contributed by atoms with Crippen molar-refractivity contribution in [1.82, 2.24) is 4.90 Å². The van der Waals surface area contributed by atoms with Gasteiger partial charge in [0.2, 0.25) is 0 Å². The lowest BCUT2D eigenvalue weighted by atomic mass is 9.79. The van der Waals surface area contributed by atoms with Gasteiger partial charge in [-0.2, -0.15) is 0 Å². The second kappa shape index (κ2) is 9.80. The highest BCUT2D eigenvalue weighted by molar-refractivity contribution is 5.39. The molecule has 1 saturated heterocycles. The number of hydrogen-bond donors (Lipinski definition) is 0. The molecule has 0 aromatic heterocycles. The SMILES string of the molecule is Cc1cc(C)cc(COC(c2ccccc2)(c2ccccc2)C(C)N2CCCCC2)c1. The summed E-state index contributed by atoms with van der Waals surface area (Å²) in [6.45, 7) is 9.53. The van der Waals surface area contributed by atoms with E-state index in [0.29, 0.717) is 6.61 Å². The zero-order chi connectivity index (χ0) is 21.7. The average Bonchev–Trinajstić information content (AvgIpc) is 2.81. The maximum Gasteiger partial charge on any atom is 0.134 e. The molecule has 1 fully saturated rings. The molecule has 3 aromatic carbocycles. The molecule has 1 unspecified atom stereocenters. The Kier molecular flexibility index (Phi) is 6.89. The van der Waals surface area contributed by atoms with Gasteiger partial charge in [0.05, 0.1) is 6.61 Å². The number of hydrogen-bond acceptors (Lipinski definition) is 2. The quantitative estimate of drug-likeness (QED) is 0.430. The number of ether oxygens (including phenoxy) is 1. The molecule has 162 valence electrons. The van der Waals surface area contributed by atoms with E-state index in [9.17, 15) is 0 Å². The predicted octanol–water partition coefficient (Wildman–Crippen LogP) is 6.64. The van der Waals surface area contributed by atoms with E-state index in [1.54, 1.807) is 0 Å². The van der Waals surface area contributed by atoms with Crippen LogP contribution in [0.5, 0.6) is 0 Å². The normalized spacial score (nSPS) is 16.2. The molecular formula is C29H35NO. The lowest BCUT2D eigenvalue weighted by Crippen LogP contribution is -2.52. The topological polar surface area (TPSA) is 12.5 Å². The first-order valence-corrected chi connectivity index (χ1v) is 11.7. The number of nitrogens with zero attached hydrogens (tertiary/aromatic N) is 1. The Balaban J connectivity index is 1.80. The third kappa shape index (κ3) is 4.76. The van der Waals surface area contributed by atoms with Crippen LogP contribution in [-0.4, -0.2) is 24.0 Å². The summed E-state index contributed by atoms with van der Waals surface area (Å²) < 4.78 is 7.07. The third-order valence-corrected chi connectivity index (χ3v) is 6.68. The minimum absolute atomic E-state index is 0.225. The molecule has 0 N–H and O–H groups in total. The smallest absolute Gasteiger partial charge is 0.134 e. The van der Waals surface area contributed by atoms with Crippen molar-refractivity contribution in [3.8, 4) is 0 Å². The lowest BCUT2D eigenvalue weighted by molar-refractivity contribution is -0.0883. The van der Waals surface area contributed by atoms with E-state index >= 15 is 0 Å². The summed E-state index contributed by atoms with van der Waals surface area (Å²) in [5.41, 5.74) is 5.73. The number of aryl methyl sites for hydroxylation is 2. The molecule has 0 spiro atoms. The van der Waals surface area contributed by atoms with Crippen LogP contribution in [0.15, 0.2) is 78.9 Å². The molecule has 2 nitrogen and oxygen atoms in total. The lowest BCUT2D eigenvalue weighted by Gasteiger charge is -2.46. The first-order valence-electron chi connectivity index (χ1n) is 11.7. The van der Waals surface area contributed by atoms with Crippen molar-refractivity contribution in [2.75, 3.05) is 13.1 Å². The molecule has 0 radical (unpaired) electrons. The van der Waals surface area contributed by atoms with Gasteiger partial charge in [0, 0.05) is 6.04 Å². The molecule has 0 saturated carbocycles. The van der Waals surface area contributed by atoms with Crippen molar-refractivity contribution in [3.05, 3.63) is 107 Å².